The molecule has 4 heteroatoms. The van der Waals surface area contributed by atoms with Crippen LogP contribution in [0.25, 0.3) is 5.57 Å². The van der Waals surface area contributed by atoms with E-state index in [-0.39, 0.29) is 5.75 Å². The van der Waals surface area contributed by atoms with E-state index in [9.17, 15) is 9.90 Å². The van der Waals surface area contributed by atoms with Crippen LogP contribution in [0.2, 0.25) is 0 Å². The summed E-state index contributed by atoms with van der Waals surface area (Å²) in [6.45, 7) is 0. The van der Waals surface area contributed by atoms with Crippen LogP contribution in [-0.2, 0) is 4.79 Å². The topological polar surface area (TPSA) is 70.4 Å². The third kappa shape index (κ3) is 2.74. The van der Waals surface area contributed by atoms with Gasteiger partial charge in [0.25, 0.3) is 0 Å². The van der Waals surface area contributed by atoms with E-state index in [1.165, 1.54) is 12.1 Å². The van der Waals surface area contributed by atoms with Gasteiger partial charge in [-0.3, -0.25) is 4.98 Å². The van der Waals surface area contributed by atoms with Crippen molar-refractivity contribution in [1.29, 1.82) is 0 Å². The first kappa shape index (κ1) is 11.9. The zero-order valence-electron chi connectivity index (χ0n) is 9.45. The summed E-state index contributed by atoms with van der Waals surface area (Å²) in [7, 11) is 0. The molecule has 0 spiro atoms. The van der Waals surface area contributed by atoms with E-state index in [4.69, 9.17) is 5.11 Å². The van der Waals surface area contributed by atoms with Crippen LogP contribution in [0.1, 0.15) is 11.3 Å². The molecule has 90 valence electrons. The molecule has 2 rings (SSSR count). The van der Waals surface area contributed by atoms with E-state index in [1.54, 1.807) is 36.5 Å². The highest BCUT2D eigenvalue weighted by atomic mass is 16.4. The Balaban J connectivity index is 2.51. The lowest BCUT2D eigenvalue weighted by Gasteiger charge is -2.06. The number of aromatic hydroxyl groups is 1. The molecule has 18 heavy (non-hydrogen) atoms. The van der Waals surface area contributed by atoms with Crippen molar-refractivity contribution in [1.82, 2.24) is 4.98 Å². The minimum atomic E-state index is -1.04. The molecule has 2 aromatic rings. The van der Waals surface area contributed by atoms with Gasteiger partial charge in [-0.1, -0.05) is 18.2 Å². The zero-order valence-corrected chi connectivity index (χ0v) is 9.45. The number of pyridine rings is 1. The first-order chi connectivity index (χ1) is 8.66. The van der Waals surface area contributed by atoms with Crippen molar-refractivity contribution in [3.8, 4) is 5.75 Å². The van der Waals surface area contributed by atoms with Gasteiger partial charge in [0, 0.05) is 17.8 Å². The van der Waals surface area contributed by atoms with Gasteiger partial charge in [0.1, 0.15) is 5.75 Å². The maximum atomic E-state index is 10.9. The average Bonchev–Trinajstić information content (AvgIpc) is 2.38. The molecule has 1 aromatic carbocycles. The minimum absolute atomic E-state index is 0.134. The second-order valence-corrected chi connectivity index (χ2v) is 3.66. The number of phenolic OH excluding ortho intramolecular Hbond substituents is 1. The molecule has 0 radical (unpaired) electrons. The number of nitrogens with zero attached hydrogens (tertiary/aromatic N) is 1. The molecule has 0 atom stereocenters. The second kappa shape index (κ2) is 5.14. The normalized spacial score (nSPS) is 11.2. The third-order valence-corrected chi connectivity index (χ3v) is 2.39. The monoisotopic (exact) mass is 241 g/mol. The van der Waals surface area contributed by atoms with E-state index < -0.39 is 5.97 Å². The third-order valence-electron chi connectivity index (χ3n) is 2.39. The van der Waals surface area contributed by atoms with Crippen LogP contribution in [0.3, 0.4) is 0 Å². The Morgan fingerprint density at radius 2 is 1.83 bits per heavy atom. The number of phenols is 1. The number of hydrogen-bond acceptors (Lipinski definition) is 3. The molecule has 0 aliphatic heterocycles. The van der Waals surface area contributed by atoms with E-state index in [0.29, 0.717) is 16.8 Å². The Morgan fingerprint density at radius 1 is 1.11 bits per heavy atom. The first-order valence-corrected chi connectivity index (χ1v) is 5.32. The molecular weight excluding hydrogens is 230 g/mol. The van der Waals surface area contributed by atoms with E-state index in [1.807, 2.05) is 0 Å². The molecule has 0 amide bonds. The summed E-state index contributed by atoms with van der Waals surface area (Å²) >= 11 is 0. The lowest BCUT2D eigenvalue weighted by atomic mass is 10.0. The van der Waals surface area contributed by atoms with Gasteiger partial charge in [0.2, 0.25) is 0 Å². The fourth-order valence-electron chi connectivity index (χ4n) is 1.59. The molecule has 1 aromatic heterocycles. The number of aliphatic carboxylic acids is 1. The van der Waals surface area contributed by atoms with Gasteiger partial charge in [-0.05, 0) is 29.8 Å². The number of carboxylic acids is 1. The Bertz CT molecular complexity index is 574. The summed E-state index contributed by atoms with van der Waals surface area (Å²) in [5.74, 6) is -0.904. The highest BCUT2D eigenvalue weighted by molar-refractivity contribution is 5.94. The van der Waals surface area contributed by atoms with Crippen LogP contribution in [-0.4, -0.2) is 21.2 Å². The van der Waals surface area contributed by atoms with Gasteiger partial charge in [-0.2, -0.15) is 0 Å². The molecule has 0 fully saturated rings. The van der Waals surface area contributed by atoms with Crippen LogP contribution in [0.15, 0.2) is 54.7 Å². The number of carboxylic acid groups (broad SMARTS) is 1. The standard InChI is InChI=1S/C14H11NO3/c16-11-6-4-10(5-7-11)12(9-14(17)18)13-3-1-2-8-15-13/h1-9,16H,(H,17,18)/b12-9+. The van der Waals surface area contributed by atoms with Gasteiger partial charge >= 0.3 is 5.97 Å². The molecule has 0 aliphatic carbocycles. The van der Waals surface area contributed by atoms with Gasteiger partial charge in [0.05, 0.1) is 5.69 Å². The smallest absolute Gasteiger partial charge is 0.329 e. The SMILES string of the molecule is O=C(O)/C=C(\c1ccc(O)cc1)c1ccccn1. The highest BCUT2D eigenvalue weighted by Crippen LogP contribution is 2.23. The fraction of sp³-hybridized carbons (Fsp3) is 0. The summed E-state index contributed by atoms with van der Waals surface area (Å²) in [5.41, 5.74) is 1.77. The summed E-state index contributed by atoms with van der Waals surface area (Å²) in [6.07, 6.45) is 2.71. The molecule has 0 saturated carbocycles. The summed E-state index contributed by atoms with van der Waals surface area (Å²) < 4.78 is 0. The van der Waals surface area contributed by atoms with Crippen molar-refractivity contribution in [2.45, 2.75) is 0 Å². The maximum Gasteiger partial charge on any atom is 0.329 e. The van der Waals surface area contributed by atoms with E-state index in [0.717, 1.165) is 6.08 Å². The van der Waals surface area contributed by atoms with Crippen LogP contribution in [0.5, 0.6) is 5.75 Å². The summed E-state index contributed by atoms with van der Waals surface area (Å²) in [4.78, 5) is 15.0. The molecular formula is C14H11NO3. The molecule has 2 N–H and O–H groups in total. The Kier molecular flexibility index (Phi) is 3.38. The lowest BCUT2D eigenvalue weighted by Crippen LogP contribution is -1.96. The number of rotatable bonds is 3. The Labute approximate surface area is 104 Å². The summed E-state index contributed by atoms with van der Waals surface area (Å²) in [5, 5.41) is 18.1. The average molecular weight is 241 g/mol. The molecule has 0 aliphatic rings. The largest absolute Gasteiger partial charge is 0.508 e. The second-order valence-electron chi connectivity index (χ2n) is 3.66. The van der Waals surface area contributed by atoms with Crippen LogP contribution >= 0.6 is 0 Å². The minimum Gasteiger partial charge on any atom is -0.508 e. The molecule has 4 nitrogen and oxygen atoms in total. The number of hydrogen-bond donors (Lipinski definition) is 2. The van der Waals surface area contributed by atoms with Crippen LogP contribution in [0.4, 0.5) is 0 Å². The van der Waals surface area contributed by atoms with Crippen LogP contribution < -0.4 is 0 Å². The van der Waals surface area contributed by atoms with Gasteiger partial charge in [-0.25, -0.2) is 4.79 Å². The number of carbonyl (C=O) groups is 1. The van der Waals surface area contributed by atoms with E-state index in [2.05, 4.69) is 4.98 Å². The van der Waals surface area contributed by atoms with Gasteiger partial charge in [0.15, 0.2) is 0 Å². The van der Waals surface area contributed by atoms with Gasteiger partial charge in [-0.15, -0.1) is 0 Å². The highest BCUT2D eigenvalue weighted by Gasteiger charge is 2.08. The lowest BCUT2D eigenvalue weighted by molar-refractivity contribution is -0.131. The molecule has 0 saturated heterocycles. The van der Waals surface area contributed by atoms with E-state index >= 15 is 0 Å². The predicted octanol–water partition coefficient (Wildman–Crippen LogP) is 2.30. The number of benzene rings is 1. The van der Waals surface area contributed by atoms with Crippen molar-refractivity contribution in [2.24, 2.45) is 0 Å². The molecule has 0 unspecified atom stereocenters. The van der Waals surface area contributed by atoms with Crippen molar-refractivity contribution in [3.63, 3.8) is 0 Å². The van der Waals surface area contributed by atoms with Gasteiger partial charge < -0.3 is 10.2 Å². The quantitative estimate of drug-likeness (QED) is 0.809. The molecule has 0 bridgehead atoms. The number of aromatic nitrogens is 1. The predicted molar refractivity (Wildman–Crippen MR) is 67.1 cm³/mol. The fourth-order valence-corrected chi connectivity index (χ4v) is 1.59. The first-order valence-electron chi connectivity index (χ1n) is 5.32. The Morgan fingerprint density at radius 3 is 2.39 bits per heavy atom. The van der Waals surface area contributed by atoms with Crippen molar-refractivity contribution >= 4 is 11.5 Å². The summed E-state index contributed by atoms with van der Waals surface area (Å²) in [6, 6.07) is 11.6. The van der Waals surface area contributed by atoms with Crippen molar-refractivity contribution in [3.05, 3.63) is 66.0 Å². The maximum absolute atomic E-state index is 10.9. The van der Waals surface area contributed by atoms with Crippen molar-refractivity contribution < 1.29 is 15.0 Å². The van der Waals surface area contributed by atoms with Crippen LogP contribution in [0, 0.1) is 0 Å². The van der Waals surface area contributed by atoms with Crippen molar-refractivity contribution in [2.75, 3.05) is 0 Å². The zero-order chi connectivity index (χ0) is 13.0. The molecule has 1 heterocycles. The Hall–Kier alpha value is -2.62.